The van der Waals surface area contributed by atoms with E-state index in [2.05, 4.69) is 11.8 Å². The molecule has 2 N–H and O–H groups in total. The smallest absolute Gasteiger partial charge is 0.123 e. The van der Waals surface area contributed by atoms with Crippen molar-refractivity contribution in [1.82, 2.24) is 4.90 Å². The molecule has 0 spiro atoms. The molecule has 0 amide bonds. The van der Waals surface area contributed by atoms with Crippen molar-refractivity contribution in [2.45, 2.75) is 25.8 Å². The third kappa shape index (κ3) is 3.27. The van der Waals surface area contributed by atoms with E-state index in [1.807, 2.05) is 12.1 Å². The number of halogens is 1. The normalized spacial score (nSPS) is 22.9. The third-order valence-electron chi connectivity index (χ3n) is 3.72. The summed E-state index contributed by atoms with van der Waals surface area (Å²) in [5.41, 5.74) is 6.90. The van der Waals surface area contributed by atoms with E-state index in [0.717, 1.165) is 26.1 Å². The van der Waals surface area contributed by atoms with Gasteiger partial charge in [-0.2, -0.15) is 0 Å². The van der Waals surface area contributed by atoms with Gasteiger partial charge in [0.05, 0.1) is 0 Å². The highest BCUT2D eigenvalue weighted by molar-refractivity contribution is 5.17. The Morgan fingerprint density at radius 1 is 1.41 bits per heavy atom. The quantitative estimate of drug-likeness (QED) is 0.867. The average Bonchev–Trinajstić information content (AvgIpc) is 2.81. The van der Waals surface area contributed by atoms with Crippen LogP contribution in [0.5, 0.6) is 0 Å². The summed E-state index contributed by atoms with van der Waals surface area (Å²) in [6.45, 7) is 5.28. The van der Waals surface area contributed by atoms with E-state index in [4.69, 9.17) is 5.73 Å². The zero-order chi connectivity index (χ0) is 12.3. The molecule has 1 fully saturated rings. The Morgan fingerprint density at radius 3 is 2.71 bits per heavy atom. The van der Waals surface area contributed by atoms with Crippen molar-refractivity contribution in [3.63, 3.8) is 0 Å². The molecule has 1 aliphatic heterocycles. The van der Waals surface area contributed by atoms with Crippen LogP contribution in [-0.2, 0) is 6.42 Å². The highest BCUT2D eigenvalue weighted by atomic mass is 19.1. The van der Waals surface area contributed by atoms with Gasteiger partial charge < -0.3 is 5.73 Å². The fourth-order valence-electron chi connectivity index (χ4n) is 2.55. The molecule has 2 nitrogen and oxygen atoms in total. The minimum Gasteiger partial charge on any atom is -0.330 e. The van der Waals surface area contributed by atoms with Gasteiger partial charge in [0.25, 0.3) is 0 Å². The summed E-state index contributed by atoms with van der Waals surface area (Å²) >= 11 is 0. The molecule has 94 valence electrons. The summed E-state index contributed by atoms with van der Waals surface area (Å²) in [5, 5.41) is 0. The molecular weight excluding hydrogens is 215 g/mol. The van der Waals surface area contributed by atoms with Crippen LogP contribution in [0.1, 0.15) is 18.9 Å². The van der Waals surface area contributed by atoms with Gasteiger partial charge in [-0.1, -0.05) is 12.1 Å². The number of nitrogens with two attached hydrogens (primary N) is 1. The minimum atomic E-state index is -0.161. The number of likely N-dealkylation sites (tertiary alicyclic amines) is 1. The standard InChI is InChI=1S/C14H21FN2/c1-11(17-7-6-13(9-16)10-17)8-12-2-4-14(15)5-3-12/h2-5,11,13H,6-10,16H2,1H3. The lowest BCUT2D eigenvalue weighted by Gasteiger charge is -2.24. The maximum Gasteiger partial charge on any atom is 0.123 e. The van der Waals surface area contributed by atoms with E-state index in [-0.39, 0.29) is 5.82 Å². The van der Waals surface area contributed by atoms with Gasteiger partial charge in [0.2, 0.25) is 0 Å². The maximum absolute atomic E-state index is 12.8. The summed E-state index contributed by atoms with van der Waals surface area (Å²) in [4.78, 5) is 2.49. The summed E-state index contributed by atoms with van der Waals surface area (Å²) in [6, 6.07) is 7.34. The molecule has 2 rings (SSSR count). The lowest BCUT2D eigenvalue weighted by Crippen LogP contribution is -2.33. The van der Waals surface area contributed by atoms with Crippen LogP contribution < -0.4 is 5.73 Å². The van der Waals surface area contributed by atoms with Crippen molar-refractivity contribution in [2.24, 2.45) is 11.7 Å². The lowest BCUT2D eigenvalue weighted by atomic mass is 10.1. The van der Waals surface area contributed by atoms with E-state index in [9.17, 15) is 4.39 Å². The van der Waals surface area contributed by atoms with Crippen LogP contribution in [0.3, 0.4) is 0 Å². The first-order valence-corrected chi connectivity index (χ1v) is 6.37. The number of hydrogen-bond donors (Lipinski definition) is 1. The average molecular weight is 236 g/mol. The topological polar surface area (TPSA) is 29.3 Å². The van der Waals surface area contributed by atoms with Gasteiger partial charge in [-0.15, -0.1) is 0 Å². The van der Waals surface area contributed by atoms with Gasteiger partial charge in [-0.3, -0.25) is 4.90 Å². The van der Waals surface area contributed by atoms with E-state index < -0.39 is 0 Å². The molecule has 2 unspecified atom stereocenters. The number of rotatable bonds is 4. The fourth-order valence-corrected chi connectivity index (χ4v) is 2.55. The van der Waals surface area contributed by atoms with Crippen LogP contribution in [0, 0.1) is 11.7 Å². The van der Waals surface area contributed by atoms with Crippen LogP contribution in [0.2, 0.25) is 0 Å². The first kappa shape index (κ1) is 12.5. The highest BCUT2D eigenvalue weighted by Gasteiger charge is 2.24. The van der Waals surface area contributed by atoms with Crippen LogP contribution in [0.15, 0.2) is 24.3 Å². The van der Waals surface area contributed by atoms with Crippen LogP contribution in [-0.4, -0.2) is 30.6 Å². The molecule has 1 aromatic rings. The molecule has 1 saturated heterocycles. The summed E-state index contributed by atoms with van der Waals surface area (Å²) in [5.74, 6) is 0.497. The molecule has 0 aromatic heterocycles. The number of nitrogens with zero attached hydrogens (tertiary/aromatic N) is 1. The van der Waals surface area contributed by atoms with Crippen LogP contribution in [0.25, 0.3) is 0 Å². The van der Waals surface area contributed by atoms with Crippen molar-refractivity contribution >= 4 is 0 Å². The van der Waals surface area contributed by atoms with E-state index >= 15 is 0 Å². The molecule has 2 atom stereocenters. The van der Waals surface area contributed by atoms with E-state index in [1.54, 1.807) is 0 Å². The van der Waals surface area contributed by atoms with Gasteiger partial charge in [0, 0.05) is 12.6 Å². The number of benzene rings is 1. The number of hydrogen-bond acceptors (Lipinski definition) is 2. The summed E-state index contributed by atoms with van der Waals surface area (Å²) < 4.78 is 12.8. The summed E-state index contributed by atoms with van der Waals surface area (Å²) in [6.07, 6.45) is 2.20. The van der Waals surface area contributed by atoms with Crippen molar-refractivity contribution in [1.29, 1.82) is 0 Å². The van der Waals surface area contributed by atoms with Gasteiger partial charge in [-0.05, 0) is 56.5 Å². The third-order valence-corrected chi connectivity index (χ3v) is 3.72. The van der Waals surface area contributed by atoms with Gasteiger partial charge in [-0.25, -0.2) is 4.39 Å². The largest absolute Gasteiger partial charge is 0.330 e. The zero-order valence-electron chi connectivity index (χ0n) is 10.4. The Bertz CT molecular complexity index is 350. The molecule has 0 bridgehead atoms. The van der Waals surface area contributed by atoms with Crippen LogP contribution in [0.4, 0.5) is 4.39 Å². The second-order valence-electron chi connectivity index (χ2n) is 5.06. The second-order valence-corrected chi connectivity index (χ2v) is 5.06. The van der Waals surface area contributed by atoms with E-state index in [0.29, 0.717) is 12.0 Å². The van der Waals surface area contributed by atoms with Crippen molar-refractivity contribution in [3.05, 3.63) is 35.6 Å². The van der Waals surface area contributed by atoms with Gasteiger partial charge in [0.1, 0.15) is 5.82 Å². The Balaban J connectivity index is 1.89. The molecular formula is C14H21FN2. The minimum absolute atomic E-state index is 0.161. The molecule has 1 heterocycles. The predicted molar refractivity (Wildman–Crippen MR) is 68.3 cm³/mol. The second kappa shape index (κ2) is 5.61. The lowest BCUT2D eigenvalue weighted by molar-refractivity contribution is 0.248. The van der Waals surface area contributed by atoms with Crippen molar-refractivity contribution in [2.75, 3.05) is 19.6 Å². The molecule has 0 saturated carbocycles. The molecule has 3 heteroatoms. The Kier molecular flexibility index (Phi) is 4.13. The molecule has 0 radical (unpaired) electrons. The monoisotopic (exact) mass is 236 g/mol. The van der Waals surface area contributed by atoms with Crippen molar-refractivity contribution in [3.8, 4) is 0 Å². The zero-order valence-corrected chi connectivity index (χ0v) is 10.4. The summed E-state index contributed by atoms with van der Waals surface area (Å²) in [7, 11) is 0. The van der Waals surface area contributed by atoms with Gasteiger partial charge in [0.15, 0.2) is 0 Å². The fraction of sp³-hybridized carbons (Fsp3) is 0.571. The first-order chi connectivity index (χ1) is 8.19. The van der Waals surface area contributed by atoms with E-state index in [1.165, 1.54) is 24.1 Å². The molecule has 17 heavy (non-hydrogen) atoms. The molecule has 0 aliphatic carbocycles. The van der Waals surface area contributed by atoms with Gasteiger partial charge >= 0.3 is 0 Å². The van der Waals surface area contributed by atoms with Crippen molar-refractivity contribution < 1.29 is 4.39 Å². The van der Waals surface area contributed by atoms with Crippen LogP contribution >= 0.6 is 0 Å². The Labute approximate surface area is 103 Å². The Morgan fingerprint density at radius 2 is 2.12 bits per heavy atom. The first-order valence-electron chi connectivity index (χ1n) is 6.37. The SMILES string of the molecule is CC(Cc1ccc(F)cc1)N1CCC(CN)C1. The molecule has 1 aromatic carbocycles. The highest BCUT2D eigenvalue weighted by Crippen LogP contribution is 2.19. The predicted octanol–water partition coefficient (Wildman–Crippen LogP) is 2.04. The Hall–Kier alpha value is -0.930. The maximum atomic E-state index is 12.8. The molecule has 1 aliphatic rings.